The molecular formula is C6H11Cl2NO. The van der Waals surface area contributed by atoms with Crippen LogP contribution in [0.4, 0.5) is 0 Å². The molecule has 0 aliphatic rings. The van der Waals surface area contributed by atoms with Crippen molar-refractivity contribution in [2.45, 2.75) is 30.6 Å². The lowest BCUT2D eigenvalue weighted by Crippen LogP contribution is -2.46. The second-order valence-electron chi connectivity index (χ2n) is 2.44. The molecule has 0 saturated carbocycles. The minimum Gasteiger partial charge on any atom is -0.319 e. The molecule has 0 fully saturated rings. The first-order valence-corrected chi connectivity index (χ1v) is 3.90. The molecular weight excluding hydrogens is 173 g/mol. The maximum absolute atomic E-state index is 11.0. The summed E-state index contributed by atoms with van der Waals surface area (Å²) in [5.74, 6) is -0.321. The lowest BCUT2D eigenvalue weighted by Gasteiger charge is -2.20. The van der Waals surface area contributed by atoms with E-state index < -0.39 is 10.4 Å². The number of carbonyl (C=O) groups excluding carboxylic acids is 1. The van der Waals surface area contributed by atoms with Gasteiger partial charge < -0.3 is 5.73 Å². The van der Waals surface area contributed by atoms with Crippen LogP contribution in [0.15, 0.2) is 0 Å². The van der Waals surface area contributed by atoms with Crippen LogP contribution < -0.4 is 5.73 Å². The van der Waals surface area contributed by atoms with Gasteiger partial charge in [0.2, 0.25) is 0 Å². The number of carbonyl (C=O) groups is 1. The third-order valence-corrected chi connectivity index (χ3v) is 1.89. The summed E-state index contributed by atoms with van der Waals surface area (Å²) in [6.45, 7) is 3.43. The molecule has 0 radical (unpaired) electrons. The molecule has 2 nitrogen and oxygen atoms in total. The van der Waals surface area contributed by atoms with E-state index in [1.54, 1.807) is 6.92 Å². The summed E-state index contributed by atoms with van der Waals surface area (Å²) in [7, 11) is 0. The van der Waals surface area contributed by atoms with Crippen LogP contribution in [-0.4, -0.2) is 16.2 Å². The standard InChI is InChI=1S/C6H11Cl2NO/c1-3-6(2,9)4(10)5(7)8/h5H,3,9H2,1-2H3. The molecule has 0 rings (SSSR count). The van der Waals surface area contributed by atoms with Crippen molar-refractivity contribution in [3.8, 4) is 0 Å². The van der Waals surface area contributed by atoms with Crippen molar-refractivity contribution in [3.63, 3.8) is 0 Å². The zero-order chi connectivity index (χ0) is 8.36. The molecule has 0 aliphatic carbocycles. The Labute approximate surface area is 70.7 Å². The Bertz CT molecular complexity index is 134. The Morgan fingerprint density at radius 1 is 1.70 bits per heavy atom. The summed E-state index contributed by atoms with van der Waals surface area (Å²) in [6, 6.07) is 0. The highest BCUT2D eigenvalue weighted by molar-refractivity contribution is 6.54. The van der Waals surface area contributed by atoms with Gasteiger partial charge in [-0.05, 0) is 13.3 Å². The maximum atomic E-state index is 11.0. The van der Waals surface area contributed by atoms with Crippen molar-refractivity contribution in [1.82, 2.24) is 0 Å². The van der Waals surface area contributed by atoms with Crippen molar-refractivity contribution in [2.75, 3.05) is 0 Å². The number of hydrogen-bond donors (Lipinski definition) is 1. The molecule has 1 atom stereocenters. The van der Waals surface area contributed by atoms with E-state index in [1.807, 2.05) is 6.92 Å². The second kappa shape index (κ2) is 3.56. The summed E-state index contributed by atoms with van der Waals surface area (Å²) < 4.78 is 0. The molecule has 0 bridgehead atoms. The fraction of sp³-hybridized carbons (Fsp3) is 0.833. The summed E-state index contributed by atoms with van der Waals surface area (Å²) in [4.78, 5) is 10.0. The van der Waals surface area contributed by atoms with Crippen molar-refractivity contribution < 1.29 is 4.79 Å². The predicted molar refractivity (Wildman–Crippen MR) is 43.4 cm³/mol. The van der Waals surface area contributed by atoms with E-state index in [-0.39, 0.29) is 5.78 Å². The van der Waals surface area contributed by atoms with Crippen LogP contribution in [0.3, 0.4) is 0 Å². The second-order valence-corrected chi connectivity index (χ2v) is 3.53. The fourth-order valence-electron chi connectivity index (χ4n) is 0.423. The van der Waals surface area contributed by atoms with E-state index >= 15 is 0 Å². The Morgan fingerprint density at radius 2 is 2.10 bits per heavy atom. The highest BCUT2D eigenvalue weighted by atomic mass is 35.5. The molecule has 4 heteroatoms. The van der Waals surface area contributed by atoms with Gasteiger partial charge in [0.25, 0.3) is 0 Å². The van der Waals surface area contributed by atoms with Gasteiger partial charge in [-0.15, -0.1) is 0 Å². The Hall–Kier alpha value is 0.210. The molecule has 1 unspecified atom stereocenters. The Kier molecular flexibility index (Phi) is 3.63. The molecule has 0 aromatic heterocycles. The molecule has 0 aromatic carbocycles. The minimum absolute atomic E-state index is 0.321. The molecule has 10 heavy (non-hydrogen) atoms. The highest BCUT2D eigenvalue weighted by Crippen LogP contribution is 2.15. The van der Waals surface area contributed by atoms with Crippen LogP contribution in [-0.2, 0) is 4.79 Å². The molecule has 0 saturated heterocycles. The largest absolute Gasteiger partial charge is 0.319 e. The summed E-state index contributed by atoms with van der Waals surface area (Å²) >= 11 is 10.7. The summed E-state index contributed by atoms with van der Waals surface area (Å²) in [6.07, 6.45) is 0.543. The smallest absolute Gasteiger partial charge is 0.185 e. The maximum Gasteiger partial charge on any atom is 0.185 e. The number of rotatable bonds is 3. The monoisotopic (exact) mass is 183 g/mol. The van der Waals surface area contributed by atoms with Crippen LogP contribution in [0.1, 0.15) is 20.3 Å². The van der Waals surface area contributed by atoms with Gasteiger partial charge in [0.05, 0.1) is 5.54 Å². The topological polar surface area (TPSA) is 43.1 Å². The molecule has 0 heterocycles. The molecule has 0 aromatic rings. The average molecular weight is 184 g/mol. The number of alkyl halides is 2. The Morgan fingerprint density at radius 3 is 2.20 bits per heavy atom. The van der Waals surface area contributed by atoms with Gasteiger partial charge in [0, 0.05) is 0 Å². The number of ketones is 1. The van der Waals surface area contributed by atoms with Crippen molar-refractivity contribution in [3.05, 3.63) is 0 Å². The summed E-state index contributed by atoms with van der Waals surface area (Å²) in [5.41, 5.74) is 4.66. The van der Waals surface area contributed by atoms with Crippen LogP contribution in [0, 0.1) is 0 Å². The molecule has 60 valence electrons. The average Bonchev–Trinajstić information content (AvgIpc) is 1.86. The highest BCUT2D eigenvalue weighted by Gasteiger charge is 2.30. The van der Waals surface area contributed by atoms with Gasteiger partial charge in [0.1, 0.15) is 0 Å². The van der Waals surface area contributed by atoms with Crippen LogP contribution in [0.5, 0.6) is 0 Å². The van der Waals surface area contributed by atoms with E-state index in [0.29, 0.717) is 6.42 Å². The number of hydrogen-bond acceptors (Lipinski definition) is 2. The quantitative estimate of drug-likeness (QED) is 0.675. The summed E-state index contributed by atoms with van der Waals surface area (Å²) in [5, 5.41) is 0. The van der Waals surface area contributed by atoms with E-state index in [0.717, 1.165) is 0 Å². The molecule has 0 aliphatic heterocycles. The fourth-order valence-corrected chi connectivity index (χ4v) is 0.922. The van der Waals surface area contributed by atoms with E-state index in [4.69, 9.17) is 28.9 Å². The molecule has 0 spiro atoms. The third kappa shape index (κ3) is 2.45. The Balaban J connectivity index is 4.19. The zero-order valence-electron chi connectivity index (χ0n) is 6.03. The first kappa shape index (κ1) is 10.2. The lowest BCUT2D eigenvalue weighted by molar-refractivity contribution is -0.122. The molecule has 2 N–H and O–H groups in total. The normalized spacial score (nSPS) is 17.0. The third-order valence-electron chi connectivity index (χ3n) is 1.50. The van der Waals surface area contributed by atoms with Gasteiger partial charge in [-0.2, -0.15) is 0 Å². The van der Waals surface area contributed by atoms with Crippen molar-refractivity contribution in [2.24, 2.45) is 5.73 Å². The lowest BCUT2D eigenvalue weighted by atomic mass is 9.96. The van der Waals surface area contributed by atoms with Crippen LogP contribution in [0.2, 0.25) is 0 Å². The van der Waals surface area contributed by atoms with E-state index in [1.165, 1.54) is 0 Å². The number of nitrogens with two attached hydrogens (primary N) is 1. The van der Waals surface area contributed by atoms with Gasteiger partial charge in [-0.3, -0.25) is 4.79 Å². The number of Topliss-reactive ketones (excluding diaryl/α,β-unsaturated/α-hetero) is 1. The van der Waals surface area contributed by atoms with Crippen LogP contribution in [0.25, 0.3) is 0 Å². The van der Waals surface area contributed by atoms with Gasteiger partial charge in [0.15, 0.2) is 10.6 Å². The van der Waals surface area contributed by atoms with Gasteiger partial charge in [-0.1, -0.05) is 30.1 Å². The van der Waals surface area contributed by atoms with Crippen molar-refractivity contribution >= 4 is 29.0 Å². The number of halogens is 2. The van der Waals surface area contributed by atoms with E-state index in [9.17, 15) is 4.79 Å². The molecule has 0 amide bonds. The zero-order valence-corrected chi connectivity index (χ0v) is 7.54. The first-order chi connectivity index (χ1) is 4.41. The minimum atomic E-state index is -1.00. The van der Waals surface area contributed by atoms with Gasteiger partial charge in [-0.25, -0.2) is 0 Å². The predicted octanol–water partition coefficient (Wildman–Crippen LogP) is 1.49. The van der Waals surface area contributed by atoms with Crippen LogP contribution >= 0.6 is 23.2 Å². The van der Waals surface area contributed by atoms with E-state index in [2.05, 4.69) is 0 Å². The van der Waals surface area contributed by atoms with Gasteiger partial charge >= 0.3 is 0 Å². The van der Waals surface area contributed by atoms with Crippen molar-refractivity contribution in [1.29, 1.82) is 0 Å². The SMILES string of the molecule is CCC(C)(N)C(=O)C(Cl)Cl. The first-order valence-electron chi connectivity index (χ1n) is 3.03.